The monoisotopic (exact) mass is 704 g/mol. The molecule has 3 aliphatic heterocycles. The number of nitrogens with two attached hydrogens (primary N) is 1. The number of likely N-dealkylation sites (tertiary alicyclic amines) is 2. The molecule has 3 aliphatic rings. The fourth-order valence-electron chi connectivity index (χ4n) is 7.50. The maximum Gasteiger partial charge on any atom is 0.418 e. The van der Waals surface area contributed by atoms with Crippen LogP contribution < -0.4 is 11.1 Å². The van der Waals surface area contributed by atoms with Gasteiger partial charge in [0.15, 0.2) is 0 Å². The molecule has 2 aromatic rings. The minimum atomic E-state index is -4.72. The van der Waals surface area contributed by atoms with E-state index >= 15 is 0 Å². The van der Waals surface area contributed by atoms with Gasteiger partial charge in [0, 0.05) is 57.4 Å². The molecule has 49 heavy (non-hydrogen) atoms. The van der Waals surface area contributed by atoms with E-state index in [-0.39, 0.29) is 47.3 Å². The summed E-state index contributed by atoms with van der Waals surface area (Å²) in [5, 5.41) is 2.78. The lowest BCUT2D eigenvalue weighted by atomic mass is 9.90. The minimum absolute atomic E-state index is 0.0360. The Hall–Kier alpha value is -3.51. The van der Waals surface area contributed by atoms with Crippen LogP contribution in [0.2, 0.25) is 5.02 Å². The van der Waals surface area contributed by atoms with Crippen LogP contribution in [-0.4, -0.2) is 95.8 Å². The number of hydrogen-bond donors (Lipinski definition) is 2. The van der Waals surface area contributed by atoms with Crippen LogP contribution in [0.5, 0.6) is 0 Å². The number of nitrogens with one attached hydrogen (secondary N) is 1. The Kier molecular flexibility index (Phi) is 12.0. The number of para-hydroxylation sites is 1. The van der Waals surface area contributed by atoms with E-state index in [0.717, 1.165) is 56.2 Å². The number of carbonyl (C=O) groups excluding carboxylic acids is 3. The smallest absolute Gasteiger partial charge is 0.397 e. The lowest BCUT2D eigenvalue weighted by Crippen LogP contribution is -2.50. The number of carbonyl (C=O) groups is 3. The molecule has 2 aromatic carbocycles. The summed E-state index contributed by atoms with van der Waals surface area (Å²) >= 11 is 6.14. The van der Waals surface area contributed by atoms with Crippen LogP contribution in [0.15, 0.2) is 36.4 Å². The molecular formula is C36H48ClF3N6O3. The van der Waals surface area contributed by atoms with Crippen molar-refractivity contribution >= 4 is 40.8 Å². The van der Waals surface area contributed by atoms with Gasteiger partial charge >= 0.3 is 12.2 Å². The number of fused-ring (bicyclic) bond motifs is 1. The number of amides is 4. The van der Waals surface area contributed by atoms with Gasteiger partial charge in [-0.2, -0.15) is 13.2 Å². The zero-order valence-corrected chi connectivity index (χ0v) is 29.2. The number of urea groups is 1. The van der Waals surface area contributed by atoms with Gasteiger partial charge in [0.05, 0.1) is 22.2 Å². The van der Waals surface area contributed by atoms with Crippen molar-refractivity contribution in [2.75, 3.05) is 63.4 Å². The Morgan fingerprint density at radius 2 is 1.65 bits per heavy atom. The van der Waals surface area contributed by atoms with Gasteiger partial charge in [0.25, 0.3) is 0 Å². The molecule has 4 amide bonds. The van der Waals surface area contributed by atoms with Crippen LogP contribution in [0.3, 0.4) is 0 Å². The average Bonchev–Trinajstić information content (AvgIpc) is 3.25. The molecule has 0 radical (unpaired) electrons. The molecule has 2 fully saturated rings. The van der Waals surface area contributed by atoms with Gasteiger partial charge in [-0.05, 0) is 86.9 Å². The Morgan fingerprint density at radius 1 is 1.00 bits per heavy atom. The Bertz CT molecular complexity index is 1490. The molecule has 3 heterocycles. The molecule has 0 spiro atoms. The molecule has 9 nitrogen and oxygen atoms in total. The van der Waals surface area contributed by atoms with Crippen LogP contribution in [0, 0.1) is 11.8 Å². The summed E-state index contributed by atoms with van der Waals surface area (Å²) in [4.78, 5) is 48.6. The number of alkyl halides is 3. The lowest BCUT2D eigenvalue weighted by molar-refractivity contribution is -0.143. The highest BCUT2D eigenvalue weighted by molar-refractivity contribution is 6.33. The predicted octanol–water partition coefficient (Wildman–Crippen LogP) is 6.15. The summed E-state index contributed by atoms with van der Waals surface area (Å²) in [7, 11) is 0. The quantitative estimate of drug-likeness (QED) is 0.289. The van der Waals surface area contributed by atoms with E-state index in [1.165, 1.54) is 6.07 Å². The molecule has 5 rings (SSSR count). The number of anilines is 2. The van der Waals surface area contributed by atoms with Gasteiger partial charge in [-0.15, -0.1) is 0 Å². The Labute approximate surface area is 291 Å². The number of hydrogen-bond acceptors (Lipinski definition) is 5. The number of benzene rings is 2. The SMILES string of the molecule is CCN(CC)CC1CCN(C(=O)[C@H](CC(=O)N2CCC(N3CCc4ccccc4NC3=O)CC2)Cc2cc(Cl)c(N)c(C(F)(F)F)c2)CC1. The maximum absolute atomic E-state index is 14.0. The van der Waals surface area contributed by atoms with E-state index in [1.54, 1.807) is 9.80 Å². The Balaban J connectivity index is 1.26. The highest BCUT2D eigenvalue weighted by Gasteiger charge is 2.37. The largest absolute Gasteiger partial charge is 0.418 e. The van der Waals surface area contributed by atoms with Gasteiger partial charge < -0.3 is 30.7 Å². The van der Waals surface area contributed by atoms with Crippen molar-refractivity contribution in [2.45, 2.75) is 71.0 Å². The van der Waals surface area contributed by atoms with Crippen LogP contribution in [0.1, 0.15) is 62.6 Å². The molecule has 0 aliphatic carbocycles. The van der Waals surface area contributed by atoms with Crippen LogP contribution in [0.25, 0.3) is 0 Å². The van der Waals surface area contributed by atoms with Gasteiger partial charge in [0.2, 0.25) is 11.8 Å². The summed E-state index contributed by atoms with van der Waals surface area (Å²) in [5.41, 5.74) is 6.18. The number of nitrogen functional groups attached to an aromatic ring is 1. The van der Waals surface area contributed by atoms with Gasteiger partial charge in [0.1, 0.15) is 0 Å². The van der Waals surface area contributed by atoms with E-state index in [4.69, 9.17) is 17.3 Å². The van der Waals surface area contributed by atoms with E-state index in [9.17, 15) is 27.6 Å². The van der Waals surface area contributed by atoms with Crippen molar-refractivity contribution in [1.82, 2.24) is 19.6 Å². The van der Waals surface area contributed by atoms with Crippen LogP contribution in [-0.2, 0) is 28.6 Å². The first-order valence-corrected chi connectivity index (χ1v) is 17.8. The maximum atomic E-state index is 14.0. The zero-order valence-electron chi connectivity index (χ0n) is 28.4. The first kappa shape index (κ1) is 36.8. The molecule has 3 N–H and O–H groups in total. The van der Waals surface area contributed by atoms with Crippen molar-refractivity contribution in [3.05, 3.63) is 58.1 Å². The summed E-state index contributed by atoms with van der Waals surface area (Å²) < 4.78 is 41.4. The summed E-state index contributed by atoms with van der Waals surface area (Å²) in [6, 6.07) is 9.87. The van der Waals surface area contributed by atoms with Gasteiger partial charge in [-0.1, -0.05) is 43.6 Å². The molecule has 13 heteroatoms. The minimum Gasteiger partial charge on any atom is -0.397 e. The standard InChI is InChI=1S/C36H48ClF3N6O3/c1-3-43(4-2)23-24-9-14-45(15-10-24)34(48)27(19-25-20-29(36(38,39)40)33(41)30(37)21-25)22-32(47)44-16-12-28(13-17-44)46-18-11-26-7-5-6-8-31(26)42-35(46)49/h5-8,20-21,24,27-28H,3-4,9-19,22-23,41H2,1-2H3,(H,42,49)/t27-/m0/s1. The van der Waals surface area contributed by atoms with Crippen LogP contribution >= 0.6 is 11.6 Å². The van der Waals surface area contributed by atoms with E-state index in [1.807, 2.05) is 29.2 Å². The van der Waals surface area contributed by atoms with Crippen molar-refractivity contribution in [1.29, 1.82) is 0 Å². The van der Waals surface area contributed by atoms with Crippen molar-refractivity contribution in [3.63, 3.8) is 0 Å². The summed E-state index contributed by atoms with van der Waals surface area (Å²) in [6.45, 7) is 9.64. The first-order valence-electron chi connectivity index (χ1n) is 17.5. The number of halogens is 4. The fraction of sp³-hybridized carbons (Fsp3) is 0.583. The Morgan fingerprint density at radius 3 is 2.31 bits per heavy atom. The number of rotatable bonds is 10. The summed E-state index contributed by atoms with van der Waals surface area (Å²) in [5.74, 6) is -0.860. The summed E-state index contributed by atoms with van der Waals surface area (Å²) in [6.07, 6.45) is -1.34. The third-order valence-corrected chi connectivity index (χ3v) is 10.8. The van der Waals surface area contributed by atoms with Gasteiger partial charge in [-0.25, -0.2) is 4.79 Å². The van der Waals surface area contributed by atoms with Gasteiger partial charge in [-0.3, -0.25) is 9.59 Å². The second-order valence-electron chi connectivity index (χ2n) is 13.5. The third-order valence-electron chi connectivity index (χ3n) is 10.5. The van der Waals surface area contributed by atoms with E-state index in [2.05, 4.69) is 24.1 Å². The lowest BCUT2D eigenvalue weighted by Gasteiger charge is -2.39. The van der Waals surface area contributed by atoms with E-state index < -0.39 is 23.3 Å². The molecule has 2 saturated heterocycles. The van der Waals surface area contributed by atoms with Crippen molar-refractivity contribution in [2.24, 2.45) is 11.8 Å². The molecular weight excluding hydrogens is 657 g/mol. The molecule has 0 saturated carbocycles. The molecule has 0 bridgehead atoms. The average molecular weight is 705 g/mol. The zero-order chi connectivity index (χ0) is 35.3. The number of piperidine rings is 2. The van der Waals surface area contributed by atoms with Crippen molar-refractivity contribution < 1.29 is 27.6 Å². The second-order valence-corrected chi connectivity index (χ2v) is 13.9. The predicted molar refractivity (Wildman–Crippen MR) is 185 cm³/mol. The first-order chi connectivity index (χ1) is 23.4. The molecule has 0 unspecified atom stereocenters. The van der Waals surface area contributed by atoms with Crippen LogP contribution in [0.4, 0.5) is 29.3 Å². The molecule has 268 valence electrons. The fourth-order valence-corrected chi connectivity index (χ4v) is 7.75. The highest BCUT2D eigenvalue weighted by atomic mass is 35.5. The van der Waals surface area contributed by atoms with Crippen molar-refractivity contribution in [3.8, 4) is 0 Å². The molecule has 1 atom stereocenters. The van der Waals surface area contributed by atoms with E-state index in [0.29, 0.717) is 51.5 Å². The normalized spacial score (nSPS) is 18.7. The third kappa shape index (κ3) is 9.00. The topological polar surface area (TPSA) is 102 Å². The molecule has 0 aromatic heterocycles. The second kappa shape index (κ2) is 16.0. The highest BCUT2D eigenvalue weighted by Crippen LogP contribution is 2.38. The number of nitrogens with zero attached hydrogens (tertiary/aromatic N) is 4.